The van der Waals surface area contributed by atoms with Gasteiger partial charge in [0.25, 0.3) is 0 Å². The van der Waals surface area contributed by atoms with Crippen molar-refractivity contribution in [2.75, 3.05) is 0 Å². The predicted molar refractivity (Wildman–Crippen MR) is 51.7 cm³/mol. The molecule has 0 aliphatic heterocycles. The fourth-order valence-electron chi connectivity index (χ4n) is 1.12. The van der Waals surface area contributed by atoms with E-state index in [2.05, 4.69) is 6.07 Å². The van der Waals surface area contributed by atoms with Crippen LogP contribution in [0.5, 0.6) is 11.5 Å². The maximum atomic E-state index is 12.8. The van der Waals surface area contributed by atoms with Crippen LogP contribution in [0.15, 0.2) is 42.5 Å². The van der Waals surface area contributed by atoms with Crippen LogP contribution in [0.1, 0.15) is 0 Å². The monoisotopic (exact) mass is 205 g/mol. The van der Waals surface area contributed by atoms with Crippen molar-refractivity contribution in [2.24, 2.45) is 0 Å². The molecule has 0 unspecified atom stereocenters. The molecule has 0 saturated heterocycles. The minimum absolute atomic E-state index is 0.258. The summed E-state index contributed by atoms with van der Waals surface area (Å²) < 4.78 is 30.7. The average Bonchev–Trinajstić information content (AvgIpc) is 2.25. The molecule has 0 aliphatic rings. The van der Waals surface area contributed by atoms with E-state index in [0.29, 0.717) is 5.75 Å². The minimum atomic E-state index is -0.924. The van der Waals surface area contributed by atoms with Gasteiger partial charge in [-0.05, 0) is 30.3 Å². The zero-order valence-corrected chi connectivity index (χ0v) is 7.71. The number of hydrogen-bond donors (Lipinski definition) is 0. The van der Waals surface area contributed by atoms with Gasteiger partial charge in [-0.1, -0.05) is 12.1 Å². The van der Waals surface area contributed by atoms with E-state index in [1.165, 1.54) is 6.07 Å². The van der Waals surface area contributed by atoms with E-state index >= 15 is 0 Å². The standard InChI is InChI=1S/C12H7F2O/c13-11-7-6-10(8-12(11)14)15-9-4-2-1-3-5-9/h1-2,4-8H. The van der Waals surface area contributed by atoms with Crippen LogP contribution in [0.25, 0.3) is 0 Å². The Kier molecular flexibility index (Phi) is 2.63. The Hall–Kier alpha value is -1.90. The fraction of sp³-hybridized carbons (Fsp3) is 0. The Morgan fingerprint density at radius 3 is 2.53 bits per heavy atom. The van der Waals surface area contributed by atoms with Crippen molar-refractivity contribution >= 4 is 0 Å². The maximum absolute atomic E-state index is 12.8. The summed E-state index contributed by atoms with van der Waals surface area (Å²) in [6.45, 7) is 0. The topological polar surface area (TPSA) is 9.23 Å². The van der Waals surface area contributed by atoms with Crippen molar-refractivity contribution in [3.63, 3.8) is 0 Å². The van der Waals surface area contributed by atoms with E-state index in [4.69, 9.17) is 4.74 Å². The van der Waals surface area contributed by atoms with Crippen LogP contribution in [0, 0.1) is 17.7 Å². The van der Waals surface area contributed by atoms with Gasteiger partial charge in [0.15, 0.2) is 11.6 Å². The van der Waals surface area contributed by atoms with Gasteiger partial charge in [-0.25, -0.2) is 8.78 Å². The van der Waals surface area contributed by atoms with E-state index < -0.39 is 11.6 Å². The van der Waals surface area contributed by atoms with E-state index in [-0.39, 0.29) is 5.75 Å². The second-order valence-corrected chi connectivity index (χ2v) is 2.92. The molecule has 0 spiro atoms. The Bertz CT molecular complexity index is 454. The first kappa shape index (κ1) is 9.65. The highest BCUT2D eigenvalue weighted by atomic mass is 19.2. The third-order valence-corrected chi connectivity index (χ3v) is 1.81. The third kappa shape index (κ3) is 2.31. The molecule has 0 fully saturated rings. The average molecular weight is 205 g/mol. The van der Waals surface area contributed by atoms with E-state index in [1.807, 2.05) is 0 Å². The van der Waals surface area contributed by atoms with Gasteiger partial charge < -0.3 is 4.74 Å². The van der Waals surface area contributed by atoms with Crippen molar-refractivity contribution < 1.29 is 13.5 Å². The Balaban J connectivity index is 2.22. The molecule has 0 bridgehead atoms. The van der Waals surface area contributed by atoms with Crippen LogP contribution in [0.4, 0.5) is 8.78 Å². The van der Waals surface area contributed by atoms with Gasteiger partial charge in [0.2, 0.25) is 0 Å². The van der Waals surface area contributed by atoms with Crippen LogP contribution in [0.2, 0.25) is 0 Å². The Labute approximate surface area is 85.9 Å². The first-order valence-electron chi connectivity index (χ1n) is 4.35. The summed E-state index contributed by atoms with van der Waals surface area (Å²) in [5.74, 6) is -1.02. The minimum Gasteiger partial charge on any atom is -0.457 e. The highest BCUT2D eigenvalue weighted by Crippen LogP contribution is 2.22. The molecule has 0 amide bonds. The predicted octanol–water partition coefficient (Wildman–Crippen LogP) is 3.56. The van der Waals surface area contributed by atoms with Crippen LogP contribution >= 0.6 is 0 Å². The number of halogens is 2. The van der Waals surface area contributed by atoms with Crippen LogP contribution in [-0.2, 0) is 0 Å². The molecular weight excluding hydrogens is 198 g/mol. The molecule has 1 radical (unpaired) electrons. The van der Waals surface area contributed by atoms with E-state index in [1.54, 1.807) is 24.3 Å². The van der Waals surface area contributed by atoms with Gasteiger partial charge in [-0.15, -0.1) is 0 Å². The first-order chi connectivity index (χ1) is 7.25. The fourth-order valence-corrected chi connectivity index (χ4v) is 1.12. The van der Waals surface area contributed by atoms with Crippen LogP contribution < -0.4 is 4.74 Å². The molecule has 2 rings (SSSR count). The lowest BCUT2D eigenvalue weighted by atomic mass is 10.3. The second-order valence-electron chi connectivity index (χ2n) is 2.92. The highest BCUT2D eigenvalue weighted by Gasteiger charge is 2.03. The molecule has 3 heteroatoms. The smallest absolute Gasteiger partial charge is 0.162 e. The molecule has 15 heavy (non-hydrogen) atoms. The molecule has 2 aromatic rings. The van der Waals surface area contributed by atoms with Gasteiger partial charge in [-0.3, -0.25) is 0 Å². The summed E-state index contributed by atoms with van der Waals surface area (Å²) in [5.41, 5.74) is 0. The van der Waals surface area contributed by atoms with Crippen LogP contribution in [0.3, 0.4) is 0 Å². The lowest BCUT2D eigenvalue weighted by molar-refractivity contribution is 0.461. The molecule has 1 nitrogen and oxygen atoms in total. The Morgan fingerprint density at radius 1 is 1.00 bits per heavy atom. The number of rotatable bonds is 2. The highest BCUT2D eigenvalue weighted by molar-refractivity contribution is 5.30. The summed E-state index contributed by atoms with van der Waals surface area (Å²) in [6, 6.07) is 13.0. The van der Waals surface area contributed by atoms with Crippen molar-refractivity contribution in [2.45, 2.75) is 0 Å². The first-order valence-corrected chi connectivity index (χ1v) is 4.35. The summed E-state index contributed by atoms with van der Waals surface area (Å²) >= 11 is 0. The van der Waals surface area contributed by atoms with E-state index in [0.717, 1.165) is 12.1 Å². The van der Waals surface area contributed by atoms with Crippen molar-refractivity contribution in [3.8, 4) is 11.5 Å². The third-order valence-electron chi connectivity index (χ3n) is 1.81. The number of ether oxygens (including phenoxy) is 1. The molecule has 0 aliphatic carbocycles. The van der Waals surface area contributed by atoms with Gasteiger partial charge in [0.05, 0.1) is 0 Å². The largest absolute Gasteiger partial charge is 0.457 e. The number of benzene rings is 2. The normalized spacial score (nSPS) is 10.0. The SMILES string of the molecule is Fc1ccc(Oc2c[c]ccc2)cc1F. The Morgan fingerprint density at radius 2 is 1.87 bits per heavy atom. The molecule has 0 atom stereocenters. The van der Waals surface area contributed by atoms with Crippen molar-refractivity contribution in [3.05, 3.63) is 60.2 Å². The lowest BCUT2D eigenvalue weighted by Gasteiger charge is -2.04. The van der Waals surface area contributed by atoms with Crippen molar-refractivity contribution in [1.82, 2.24) is 0 Å². The zero-order chi connectivity index (χ0) is 10.7. The maximum Gasteiger partial charge on any atom is 0.162 e. The van der Waals surface area contributed by atoms with Gasteiger partial charge in [0.1, 0.15) is 11.5 Å². The van der Waals surface area contributed by atoms with Crippen molar-refractivity contribution in [1.29, 1.82) is 0 Å². The molecule has 0 aromatic heterocycles. The van der Waals surface area contributed by atoms with Gasteiger partial charge in [-0.2, -0.15) is 0 Å². The summed E-state index contributed by atoms with van der Waals surface area (Å²) in [7, 11) is 0. The molecule has 2 aromatic carbocycles. The molecule has 0 heterocycles. The summed E-state index contributed by atoms with van der Waals surface area (Å²) in [5, 5.41) is 0. The lowest BCUT2D eigenvalue weighted by Crippen LogP contribution is -1.87. The van der Waals surface area contributed by atoms with Crippen LogP contribution in [-0.4, -0.2) is 0 Å². The molecule has 75 valence electrons. The molecular formula is C12H7F2O. The number of hydrogen-bond acceptors (Lipinski definition) is 1. The van der Waals surface area contributed by atoms with Gasteiger partial charge >= 0.3 is 0 Å². The summed E-state index contributed by atoms with van der Waals surface area (Å²) in [4.78, 5) is 0. The second kappa shape index (κ2) is 4.09. The zero-order valence-electron chi connectivity index (χ0n) is 7.71. The quantitative estimate of drug-likeness (QED) is 0.728. The van der Waals surface area contributed by atoms with E-state index in [9.17, 15) is 8.78 Å². The summed E-state index contributed by atoms with van der Waals surface area (Å²) in [6.07, 6.45) is 0. The molecule has 0 saturated carbocycles. The molecule has 0 N–H and O–H groups in total. The van der Waals surface area contributed by atoms with Gasteiger partial charge in [0, 0.05) is 6.07 Å².